The molecule has 0 amide bonds. The lowest BCUT2D eigenvalue weighted by Crippen LogP contribution is -2.19. The first-order valence-corrected chi connectivity index (χ1v) is 7.28. The minimum Gasteiger partial charge on any atom is -0.504 e. The maximum atomic E-state index is 9.40. The van der Waals surface area contributed by atoms with Crippen LogP contribution < -0.4 is 5.32 Å². The molecule has 0 spiro atoms. The fraction of sp³-hybridized carbons (Fsp3) is 0.294. The summed E-state index contributed by atoms with van der Waals surface area (Å²) in [5.41, 5.74) is 1.95. The zero-order valence-electron chi connectivity index (χ0n) is 12.7. The number of phenolic OH excluding ortho intramolecular Hbond substituents is 4. The van der Waals surface area contributed by atoms with Crippen LogP contribution in [0.5, 0.6) is 23.0 Å². The molecule has 0 aliphatic rings. The molecule has 0 heterocycles. The molecule has 5 N–H and O–H groups in total. The van der Waals surface area contributed by atoms with Crippen molar-refractivity contribution in [2.45, 2.75) is 19.3 Å². The van der Waals surface area contributed by atoms with E-state index in [0.29, 0.717) is 0 Å². The van der Waals surface area contributed by atoms with Crippen molar-refractivity contribution in [1.29, 1.82) is 0 Å². The highest BCUT2D eigenvalue weighted by atomic mass is 35.5. The first kappa shape index (κ1) is 18.9. The molecule has 5 nitrogen and oxygen atoms in total. The Hall–Kier alpha value is -2.11. The van der Waals surface area contributed by atoms with E-state index in [0.717, 1.165) is 43.5 Å². The van der Waals surface area contributed by atoms with Crippen molar-refractivity contribution >= 4 is 12.4 Å². The minimum absolute atomic E-state index is 0. The smallest absolute Gasteiger partial charge is 0.157 e. The quantitative estimate of drug-likeness (QED) is 0.395. The second-order valence-corrected chi connectivity index (χ2v) is 5.25. The van der Waals surface area contributed by atoms with Gasteiger partial charge in [-0.15, -0.1) is 12.4 Å². The third-order valence-electron chi connectivity index (χ3n) is 3.49. The molecule has 0 radical (unpaired) electrons. The maximum Gasteiger partial charge on any atom is 0.157 e. The van der Waals surface area contributed by atoms with Gasteiger partial charge in [-0.05, 0) is 67.7 Å². The van der Waals surface area contributed by atoms with Gasteiger partial charge in [0.2, 0.25) is 0 Å². The Morgan fingerprint density at radius 1 is 0.652 bits per heavy atom. The maximum absolute atomic E-state index is 9.40. The number of halogens is 1. The van der Waals surface area contributed by atoms with E-state index in [1.165, 1.54) is 12.1 Å². The first-order valence-electron chi connectivity index (χ1n) is 7.28. The van der Waals surface area contributed by atoms with Crippen LogP contribution in [0.25, 0.3) is 0 Å². The van der Waals surface area contributed by atoms with Gasteiger partial charge in [0.25, 0.3) is 0 Å². The van der Waals surface area contributed by atoms with Crippen LogP contribution in [0.3, 0.4) is 0 Å². The van der Waals surface area contributed by atoms with E-state index in [-0.39, 0.29) is 35.4 Å². The summed E-state index contributed by atoms with van der Waals surface area (Å²) < 4.78 is 0. The number of nitrogens with one attached hydrogen (secondary N) is 1. The summed E-state index contributed by atoms with van der Waals surface area (Å²) in [5, 5.41) is 40.6. The molecule has 0 aliphatic carbocycles. The summed E-state index contributed by atoms with van der Waals surface area (Å²) in [6.45, 7) is 1.62. The van der Waals surface area contributed by atoms with E-state index >= 15 is 0 Å². The summed E-state index contributed by atoms with van der Waals surface area (Å²) >= 11 is 0. The van der Waals surface area contributed by atoms with Crippen LogP contribution in [0.15, 0.2) is 36.4 Å². The average molecular weight is 340 g/mol. The van der Waals surface area contributed by atoms with Crippen LogP contribution >= 0.6 is 12.4 Å². The van der Waals surface area contributed by atoms with Gasteiger partial charge in [-0.2, -0.15) is 0 Å². The number of rotatable bonds is 7. The Bertz CT molecular complexity index is 578. The molecule has 2 rings (SSSR count). The van der Waals surface area contributed by atoms with Crippen molar-refractivity contribution in [3.8, 4) is 23.0 Å². The van der Waals surface area contributed by atoms with E-state index < -0.39 is 0 Å². The number of benzene rings is 2. The number of aromatic hydroxyl groups is 4. The molecule has 0 saturated carbocycles. The van der Waals surface area contributed by atoms with E-state index in [1.54, 1.807) is 24.3 Å². The Kier molecular flexibility index (Phi) is 7.51. The fourth-order valence-corrected chi connectivity index (χ4v) is 2.22. The van der Waals surface area contributed by atoms with Crippen molar-refractivity contribution in [1.82, 2.24) is 5.32 Å². The summed E-state index contributed by atoms with van der Waals surface area (Å²) in [6.07, 6.45) is 2.51. The van der Waals surface area contributed by atoms with Gasteiger partial charge in [0, 0.05) is 0 Å². The molecule has 0 aliphatic heterocycles. The molecule has 0 aromatic heterocycles. The molecule has 2 aromatic rings. The van der Waals surface area contributed by atoms with Crippen molar-refractivity contribution < 1.29 is 20.4 Å². The molecule has 23 heavy (non-hydrogen) atoms. The third-order valence-corrected chi connectivity index (χ3v) is 3.49. The molecule has 0 fully saturated rings. The van der Waals surface area contributed by atoms with Crippen LogP contribution in [-0.4, -0.2) is 33.5 Å². The summed E-state index contributed by atoms with van der Waals surface area (Å²) in [4.78, 5) is 0. The number of phenols is 4. The van der Waals surface area contributed by atoms with E-state index in [2.05, 4.69) is 5.32 Å². The normalized spacial score (nSPS) is 10.3. The molecule has 126 valence electrons. The lowest BCUT2D eigenvalue weighted by molar-refractivity contribution is 0.403. The van der Waals surface area contributed by atoms with Crippen molar-refractivity contribution in [3.05, 3.63) is 47.5 Å². The van der Waals surface area contributed by atoms with Gasteiger partial charge in [-0.3, -0.25) is 0 Å². The Labute approximate surface area is 141 Å². The SMILES string of the molecule is Cl.Oc1ccc(CCCNCCc2ccc(O)c(O)c2)cc1O. The van der Waals surface area contributed by atoms with E-state index in [1.807, 2.05) is 0 Å². The number of hydrogen-bond acceptors (Lipinski definition) is 5. The van der Waals surface area contributed by atoms with Gasteiger partial charge < -0.3 is 25.7 Å². The molecule has 6 heteroatoms. The van der Waals surface area contributed by atoms with Gasteiger partial charge in [0.05, 0.1) is 0 Å². The van der Waals surface area contributed by atoms with Crippen molar-refractivity contribution in [3.63, 3.8) is 0 Å². The summed E-state index contributed by atoms with van der Waals surface area (Å²) in [6, 6.07) is 9.71. The molecule has 0 saturated heterocycles. The Balaban J connectivity index is 0.00000264. The van der Waals surface area contributed by atoms with Gasteiger partial charge >= 0.3 is 0 Å². The minimum atomic E-state index is -0.103. The predicted molar refractivity (Wildman–Crippen MR) is 91.7 cm³/mol. The highest BCUT2D eigenvalue weighted by molar-refractivity contribution is 5.85. The predicted octanol–water partition coefficient (Wildman–Crippen LogP) is 2.70. The van der Waals surface area contributed by atoms with Crippen LogP contribution in [0.1, 0.15) is 17.5 Å². The molecular weight excluding hydrogens is 318 g/mol. The summed E-state index contributed by atoms with van der Waals surface area (Å²) in [7, 11) is 0. The first-order chi connectivity index (χ1) is 10.6. The standard InChI is InChI=1S/C17H21NO4.ClH/c19-14-5-3-12(10-16(14)21)2-1-8-18-9-7-13-4-6-15(20)17(22)11-13;/h3-6,10-11,18-22H,1-2,7-9H2;1H. The van der Waals surface area contributed by atoms with E-state index in [4.69, 9.17) is 0 Å². The largest absolute Gasteiger partial charge is 0.504 e. The molecule has 0 bridgehead atoms. The molecule has 0 atom stereocenters. The van der Waals surface area contributed by atoms with Gasteiger partial charge in [0.1, 0.15) is 0 Å². The lowest BCUT2D eigenvalue weighted by atomic mass is 10.1. The fourth-order valence-electron chi connectivity index (χ4n) is 2.22. The topological polar surface area (TPSA) is 93.0 Å². The average Bonchev–Trinajstić information content (AvgIpc) is 2.50. The van der Waals surface area contributed by atoms with Crippen LogP contribution in [-0.2, 0) is 12.8 Å². The van der Waals surface area contributed by atoms with Crippen LogP contribution in [0.4, 0.5) is 0 Å². The molecular formula is C17H22ClNO4. The highest BCUT2D eigenvalue weighted by Crippen LogP contribution is 2.25. The van der Waals surface area contributed by atoms with E-state index in [9.17, 15) is 20.4 Å². The van der Waals surface area contributed by atoms with Crippen LogP contribution in [0.2, 0.25) is 0 Å². The second-order valence-electron chi connectivity index (χ2n) is 5.25. The molecule has 2 aromatic carbocycles. The monoisotopic (exact) mass is 339 g/mol. The third kappa shape index (κ3) is 5.88. The highest BCUT2D eigenvalue weighted by Gasteiger charge is 2.02. The number of aryl methyl sites for hydroxylation is 1. The Morgan fingerprint density at radius 3 is 1.70 bits per heavy atom. The zero-order chi connectivity index (χ0) is 15.9. The van der Waals surface area contributed by atoms with Crippen molar-refractivity contribution in [2.75, 3.05) is 13.1 Å². The van der Waals surface area contributed by atoms with Gasteiger partial charge in [-0.25, -0.2) is 0 Å². The second kappa shape index (κ2) is 9.12. The van der Waals surface area contributed by atoms with Crippen molar-refractivity contribution in [2.24, 2.45) is 0 Å². The summed E-state index contributed by atoms with van der Waals surface area (Å²) in [5.74, 6) is -0.380. The van der Waals surface area contributed by atoms with Crippen LogP contribution in [0, 0.1) is 0 Å². The molecule has 0 unspecified atom stereocenters. The Morgan fingerprint density at radius 2 is 1.17 bits per heavy atom. The van der Waals surface area contributed by atoms with Gasteiger partial charge in [-0.1, -0.05) is 12.1 Å². The zero-order valence-corrected chi connectivity index (χ0v) is 13.5. The number of hydrogen-bond donors (Lipinski definition) is 5. The van der Waals surface area contributed by atoms with Gasteiger partial charge in [0.15, 0.2) is 23.0 Å². The lowest BCUT2D eigenvalue weighted by Gasteiger charge is -2.07.